The molecule has 0 aliphatic carbocycles. The Balaban J connectivity index is 1.58. The lowest BCUT2D eigenvalue weighted by Gasteiger charge is -2.37. The van der Waals surface area contributed by atoms with Gasteiger partial charge in [0.15, 0.2) is 0 Å². The molecule has 0 spiro atoms. The summed E-state index contributed by atoms with van der Waals surface area (Å²) in [6.07, 6.45) is 0.413. The molecule has 1 fully saturated rings. The van der Waals surface area contributed by atoms with Gasteiger partial charge in [0.2, 0.25) is 5.91 Å². The van der Waals surface area contributed by atoms with Crippen LogP contribution in [0.25, 0.3) is 10.8 Å². The van der Waals surface area contributed by atoms with Crippen molar-refractivity contribution in [3.05, 3.63) is 77.9 Å². The molecule has 0 bridgehead atoms. The summed E-state index contributed by atoms with van der Waals surface area (Å²) in [6.45, 7) is 2.26. The lowest BCUT2D eigenvalue weighted by atomic mass is 10.00. The first-order valence-electron chi connectivity index (χ1n) is 9.37. The van der Waals surface area contributed by atoms with Gasteiger partial charge in [-0.25, -0.2) is 0 Å². The van der Waals surface area contributed by atoms with Crippen molar-refractivity contribution < 1.29 is 9.53 Å². The number of fused-ring (bicyclic) bond motifs is 1. The molecule has 1 saturated heterocycles. The number of methoxy groups -OCH3 is 1. The minimum Gasteiger partial charge on any atom is -0.496 e. The molecule has 0 aromatic heterocycles. The van der Waals surface area contributed by atoms with Crippen LogP contribution in [0.4, 0.5) is 0 Å². The molecule has 0 radical (unpaired) electrons. The van der Waals surface area contributed by atoms with Gasteiger partial charge >= 0.3 is 0 Å². The molecule has 4 nitrogen and oxygen atoms in total. The van der Waals surface area contributed by atoms with Gasteiger partial charge in [-0.2, -0.15) is 0 Å². The maximum Gasteiger partial charge on any atom is 0.227 e. The second-order valence-corrected chi connectivity index (χ2v) is 6.91. The van der Waals surface area contributed by atoms with Crippen LogP contribution in [-0.4, -0.2) is 37.6 Å². The first kappa shape index (κ1) is 17.6. The minimum absolute atomic E-state index is 0.0112. The van der Waals surface area contributed by atoms with E-state index < -0.39 is 0 Å². The van der Waals surface area contributed by atoms with E-state index in [0.29, 0.717) is 13.0 Å². The average Bonchev–Trinajstić information content (AvgIpc) is 2.73. The van der Waals surface area contributed by atoms with Crippen molar-refractivity contribution in [2.45, 2.75) is 12.5 Å². The number of carbonyl (C=O) groups excluding carboxylic acids is 1. The number of para-hydroxylation sites is 1. The maximum absolute atomic E-state index is 13.1. The zero-order valence-corrected chi connectivity index (χ0v) is 15.5. The predicted molar refractivity (Wildman–Crippen MR) is 108 cm³/mol. The largest absolute Gasteiger partial charge is 0.496 e. The van der Waals surface area contributed by atoms with E-state index in [1.807, 2.05) is 41.3 Å². The maximum atomic E-state index is 13.1. The number of hydrogen-bond acceptors (Lipinski definition) is 3. The van der Waals surface area contributed by atoms with Gasteiger partial charge in [0, 0.05) is 25.2 Å². The van der Waals surface area contributed by atoms with Crippen molar-refractivity contribution in [2.75, 3.05) is 26.7 Å². The molecule has 1 amide bonds. The molecule has 1 N–H and O–H groups in total. The third-order valence-electron chi connectivity index (χ3n) is 5.23. The molecule has 138 valence electrons. The van der Waals surface area contributed by atoms with Crippen LogP contribution in [0.1, 0.15) is 17.2 Å². The number of nitrogens with one attached hydrogen (secondary N) is 1. The number of ether oxygens (including phenoxy) is 1. The van der Waals surface area contributed by atoms with E-state index >= 15 is 0 Å². The third kappa shape index (κ3) is 3.67. The van der Waals surface area contributed by atoms with E-state index in [1.54, 1.807) is 7.11 Å². The lowest BCUT2D eigenvalue weighted by Crippen LogP contribution is -2.49. The molecule has 3 aromatic carbocycles. The van der Waals surface area contributed by atoms with E-state index in [1.165, 1.54) is 10.8 Å². The molecule has 1 unspecified atom stereocenters. The molecule has 27 heavy (non-hydrogen) atoms. The fraction of sp³-hybridized carbons (Fsp3) is 0.261. The van der Waals surface area contributed by atoms with Crippen LogP contribution in [0.5, 0.6) is 5.75 Å². The Morgan fingerprint density at radius 2 is 1.85 bits per heavy atom. The second kappa shape index (κ2) is 7.80. The molecule has 1 aliphatic rings. The molecule has 3 aromatic rings. The summed E-state index contributed by atoms with van der Waals surface area (Å²) in [6, 6.07) is 22.5. The summed E-state index contributed by atoms with van der Waals surface area (Å²) in [5.41, 5.74) is 2.11. The second-order valence-electron chi connectivity index (χ2n) is 6.91. The van der Waals surface area contributed by atoms with E-state index in [4.69, 9.17) is 4.74 Å². The van der Waals surface area contributed by atoms with Crippen LogP contribution in [0.3, 0.4) is 0 Å². The Hall–Kier alpha value is -2.85. The number of benzene rings is 3. The van der Waals surface area contributed by atoms with Gasteiger partial charge in [0.1, 0.15) is 5.75 Å². The predicted octanol–water partition coefficient (Wildman–Crippen LogP) is 3.56. The van der Waals surface area contributed by atoms with Gasteiger partial charge in [-0.15, -0.1) is 0 Å². The lowest BCUT2D eigenvalue weighted by molar-refractivity contribution is -0.133. The molecule has 1 atom stereocenters. The van der Waals surface area contributed by atoms with Crippen LogP contribution in [0.2, 0.25) is 0 Å². The molecule has 4 rings (SSSR count). The number of piperazine rings is 1. The SMILES string of the molecule is COc1ccccc1C1CNCCN1C(=O)Cc1ccc2ccccc2c1. The van der Waals surface area contributed by atoms with E-state index in [9.17, 15) is 4.79 Å². The normalized spacial score (nSPS) is 17.1. The van der Waals surface area contributed by atoms with Gasteiger partial charge in [-0.3, -0.25) is 4.79 Å². The van der Waals surface area contributed by atoms with Gasteiger partial charge in [-0.05, 0) is 22.4 Å². The van der Waals surface area contributed by atoms with Crippen LogP contribution in [0.15, 0.2) is 66.7 Å². The van der Waals surface area contributed by atoms with Crippen molar-refractivity contribution >= 4 is 16.7 Å². The van der Waals surface area contributed by atoms with Crippen molar-refractivity contribution in [1.29, 1.82) is 0 Å². The highest BCUT2D eigenvalue weighted by molar-refractivity contribution is 5.85. The zero-order chi connectivity index (χ0) is 18.6. The van der Waals surface area contributed by atoms with E-state index in [0.717, 1.165) is 30.0 Å². The summed E-state index contributed by atoms with van der Waals surface area (Å²) in [7, 11) is 1.68. The van der Waals surface area contributed by atoms with E-state index in [2.05, 4.69) is 35.6 Å². The van der Waals surface area contributed by atoms with Crippen molar-refractivity contribution in [2.24, 2.45) is 0 Å². The molecule has 1 heterocycles. The first-order chi connectivity index (χ1) is 13.3. The summed E-state index contributed by atoms with van der Waals surface area (Å²) >= 11 is 0. The number of carbonyl (C=O) groups is 1. The summed E-state index contributed by atoms with van der Waals surface area (Å²) in [5.74, 6) is 0.984. The highest BCUT2D eigenvalue weighted by Gasteiger charge is 2.29. The molecule has 0 saturated carbocycles. The summed E-state index contributed by atoms with van der Waals surface area (Å²) in [4.78, 5) is 15.1. The minimum atomic E-state index is -0.0112. The summed E-state index contributed by atoms with van der Waals surface area (Å²) in [5, 5.41) is 5.78. The van der Waals surface area contributed by atoms with Crippen LogP contribution in [-0.2, 0) is 11.2 Å². The highest BCUT2D eigenvalue weighted by atomic mass is 16.5. The van der Waals surface area contributed by atoms with Gasteiger partial charge < -0.3 is 15.0 Å². The van der Waals surface area contributed by atoms with E-state index in [-0.39, 0.29) is 11.9 Å². The van der Waals surface area contributed by atoms with Crippen LogP contribution < -0.4 is 10.1 Å². The Kier molecular flexibility index (Phi) is 5.07. The number of amides is 1. The van der Waals surface area contributed by atoms with Crippen molar-refractivity contribution in [3.63, 3.8) is 0 Å². The molecule has 1 aliphatic heterocycles. The fourth-order valence-corrected chi connectivity index (χ4v) is 3.85. The van der Waals surface area contributed by atoms with Crippen molar-refractivity contribution in [1.82, 2.24) is 10.2 Å². The first-order valence-corrected chi connectivity index (χ1v) is 9.37. The smallest absolute Gasteiger partial charge is 0.227 e. The van der Waals surface area contributed by atoms with Gasteiger partial charge in [0.25, 0.3) is 0 Å². The quantitative estimate of drug-likeness (QED) is 0.773. The third-order valence-corrected chi connectivity index (χ3v) is 5.23. The summed E-state index contributed by atoms with van der Waals surface area (Å²) < 4.78 is 5.53. The van der Waals surface area contributed by atoms with Gasteiger partial charge in [-0.1, -0.05) is 60.7 Å². The van der Waals surface area contributed by atoms with Crippen molar-refractivity contribution in [3.8, 4) is 5.75 Å². The zero-order valence-electron chi connectivity index (χ0n) is 15.5. The monoisotopic (exact) mass is 360 g/mol. The number of hydrogen-bond donors (Lipinski definition) is 1. The number of rotatable bonds is 4. The fourth-order valence-electron chi connectivity index (χ4n) is 3.85. The van der Waals surface area contributed by atoms with Gasteiger partial charge in [0.05, 0.1) is 19.6 Å². The number of nitrogens with zero attached hydrogens (tertiary/aromatic N) is 1. The molecular weight excluding hydrogens is 336 g/mol. The molecular formula is C23H24N2O2. The Bertz CT molecular complexity index is 954. The standard InChI is InChI=1S/C23H24N2O2/c1-27-22-9-5-4-8-20(22)21-16-24-12-13-25(21)23(26)15-17-10-11-18-6-2-3-7-19(18)14-17/h2-11,14,21,24H,12-13,15-16H2,1H3. The van der Waals surface area contributed by atoms with Crippen LogP contribution in [0, 0.1) is 0 Å². The Morgan fingerprint density at radius 3 is 2.70 bits per heavy atom. The average molecular weight is 360 g/mol. The molecule has 4 heteroatoms. The topological polar surface area (TPSA) is 41.6 Å². The highest BCUT2D eigenvalue weighted by Crippen LogP contribution is 2.30. The van der Waals surface area contributed by atoms with Crippen LogP contribution >= 0.6 is 0 Å². The Morgan fingerprint density at radius 1 is 1.07 bits per heavy atom. The Labute approximate surface area is 159 Å².